The first-order valence-corrected chi connectivity index (χ1v) is 5.92. The van der Waals surface area contributed by atoms with Gasteiger partial charge in [0.2, 0.25) is 5.91 Å². The first kappa shape index (κ1) is 13.9. The van der Waals surface area contributed by atoms with Gasteiger partial charge in [0.05, 0.1) is 17.8 Å². The Bertz CT molecular complexity index is 497. The summed E-state index contributed by atoms with van der Waals surface area (Å²) in [5.74, 6) is -0.351. The molecule has 1 N–H and O–H groups in total. The Hall–Kier alpha value is -1.56. The minimum absolute atomic E-state index is 0.0409. The SMILES string of the molecule is CC1(C)CN(c2ccccc2C(F)(F)F)C(=O)CN1. The van der Waals surface area contributed by atoms with Crippen molar-refractivity contribution in [3.63, 3.8) is 0 Å². The molecular weight excluding hydrogens is 257 g/mol. The van der Waals surface area contributed by atoms with Crippen LogP contribution < -0.4 is 10.2 Å². The molecule has 1 aromatic carbocycles. The molecule has 0 aliphatic carbocycles. The summed E-state index contributed by atoms with van der Waals surface area (Å²) in [6.07, 6.45) is -4.47. The van der Waals surface area contributed by atoms with Gasteiger partial charge in [-0.1, -0.05) is 12.1 Å². The third kappa shape index (κ3) is 2.89. The number of nitrogens with zero attached hydrogens (tertiary/aromatic N) is 1. The van der Waals surface area contributed by atoms with E-state index in [1.165, 1.54) is 23.1 Å². The molecule has 3 nitrogen and oxygen atoms in total. The van der Waals surface area contributed by atoms with Crippen LogP contribution in [0.2, 0.25) is 0 Å². The zero-order valence-corrected chi connectivity index (χ0v) is 10.7. The molecule has 1 saturated heterocycles. The smallest absolute Gasteiger partial charge is 0.309 e. The Morgan fingerprint density at radius 1 is 1.26 bits per heavy atom. The van der Waals surface area contributed by atoms with Crippen molar-refractivity contribution in [3.05, 3.63) is 29.8 Å². The van der Waals surface area contributed by atoms with Crippen LogP contribution in [0.15, 0.2) is 24.3 Å². The third-order valence-electron chi connectivity index (χ3n) is 3.07. The first-order chi connectivity index (χ1) is 8.71. The molecule has 0 saturated carbocycles. The molecule has 0 radical (unpaired) electrons. The van der Waals surface area contributed by atoms with Crippen LogP contribution in [0.25, 0.3) is 0 Å². The van der Waals surface area contributed by atoms with Gasteiger partial charge in [-0.3, -0.25) is 4.79 Å². The van der Waals surface area contributed by atoms with Crippen LogP contribution in [-0.2, 0) is 11.0 Å². The van der Waals surface area contributed by atoms with Crippen molar-refractivity contribution >= 4 is 11.6 Å². The molecular formula is C13H15F3N2O. The van der Waals surface area contributed by atoms with Crippen LogP contribution >= 0.6 is 0 Å². The number of hydrogen-bond donors (Lipinski definition) is 1. The Labute approximate surface area is 109 Å². The molecule has 0 bridgehead atoms. The predicted molar refractivity (Wildman–Crippen MR) is 65.9 cm³/mol. The standard InChI is InChI=1S/C13H15F3N2O/c1-12(2)8-18(11(19)7-17-12)10-6-4-3-5-9(10)13(14,15)16/h3-6,17H,7-8H2,1-2H3. The third-order valence-corrected chi connectivity index (χ3v) is 3.07. The number of halogens is 3. The molecule has 0 unspecified atom stereocenters. The number of para-hydroxylation sites is 1. The minimum Gasteiger partial charge on any atom is -0.309 e. The van der Waals surface area contributed by atoms with Crippen LogP contribution in [0.4, 0.5) is 18.9 Å². The van der Waals surface area contributed by atoms with Crippen LogP contribution in [0.3, 0.4) is 0 Å². The van der Waals surface area contributed by atoms with E-state index in [1.54, 1.807) is 0 Å². The summed E-state index contributed by atoms with van der Waals surface area (Å²) in [7, 11) is 0. The van der Waals surface area contributed by atoms with Crippen molar-refractivity contribution in [2.24, 2.45) is 0 Å². The monoisotopic (exact) mass is 272 g/mol. The quantitative estimate of drug-likeness (QED) is 0.851. The number of carbonyl (C=O) groups excluding carboxylic acids is 1. The van der Waals surface area contributed by atoms with Crippen molar-refractivity contribution in [1.29, 1.82) is 0 Å². The number of amides is 1. The maximum atomic E-state index is 13.0. The van der Waals surface area contributed by atoms with Gasteiger partial charge in [0.15, 0.2) is 0 Å². The molecule has 0 aromatic heterocycles. The van der Waals surface area contributed by atoms with E-state index < -0.39 is 17.3 Å². The van der Waals surface area contributed by atoms with Gasteiger partial charge in [-0.15, -0.1) is 0 Å². The lowest BCUT2D eigenvalue weighted by Crippen LogP contribution is -2.60. The Balaban J connectivity index is 2.43. The summed E-state index contributed by atoms with van der Waals surface area (Å²) in [4.78, 5) is 13.1. The maximum absolute atomic E-state index is 13.0. The average Bonchev–Trinajstić information content (AvgIpc) is 2.31. The summed E-state index contributed by atoms with van der Waals surface area (Å²) < 4.78 is 38.9. The fourth-order valence-electron chi connectivity index (χ4n) is 2.12. The lowest BCUT2D eigenvalue weighted by Gasteiger charge is -2.39. The van der Waals surface area contributed by atoms with Crippen molar-refractivity contribution in [3.8, 4) is 0 Å². The predicted octanol–water partition coefficient (Wildman–Crippen LogP) is 2.42. The average molecular weight is 272 g/mol. The lowest BCUT2D eigenvalue weighted by molar-refractivity contribution is -0.137. The molecule has 1 aliphatic rings. The van der Waals surface area contributed by atoms with Gasteiger partial charge in [-0.2, -0.15) is 13.2 Å². The van der Waals surface area contributed by atoms with E-state index >= 15 is 0 Å². The van der Waals surface area contributed by atoms with Gasteiger partial charge in [0.25, 0.3) is 0 Å². The van der Waals surface area contributed by atoms with Gasteiger partial charge >= 0.3 is 6.18 Å². The Morgan fingerprint density at radius 3 is 2.53 bits per heavy atom. The molecule has 2 rings (SSSR count). The zero-order chi connectivity index (χ0) is 14.3. The van der Waals surface area contributed by atoms with Crippen LogP contribution in [0.1, 0.15) is 19.4 Å². The number of hydrogen-bond acceptors (Lipinski definition) is 2. The highest BCUT2D eigenvalue weighted by molar-refractivity contribution is 5.96. The number of anilines is 1. The molecule has 19 heavy (non-hydrogen) atoms. The van der Waals surface area contributed by atoms with E-state index in [-0.39, 0.29) is 24.7 Å². The number of alkyl halides is 3. The minimum atomic E-state index is -4.47. The van der Waals surface area contributed by atoms with Crippen molar-refractivity contribution in [2.45, 2.75) is 25.6 Å². The van der Waals surface area contributed by atoms with Gasteiger partial charge in [0, 0.05) is 12.1 Å². The summed E-state index contributed by atoms with van der Waals surface area (Å²) >= 11 is 0. The highest BCUT2D eigenvalue weighted by Crippen LogP contribution is 2.37. The Kier molecular flexibility index (Phi) is 3.30. The topological polar surface area (TPSA) is 32.3 Å². The van der Waals surface area contributed by atoms with E-state index in [9.17, 15) is 18.0 Å². The Morgan fingerprint density at radius 2 is 1.89 bits per heavy atom. The fraction of sp³-hybridized carbons (Fsp3) is 0.462. The molecule has 6 heteroatoms. The fourth-order valence-corrected chi connectivity index (χ4v) is 2.12. The van der Waals surface area contributed by atoms with Crippen LogP contribution in [0.5, 0.6) is 0 Å². The van der Waals surface area contributed by atoms with Gasteiger partial charge < -0.3 is 10.2 Å². The summed E-state index contributed by atoms with van der Waals surface area (Å²) in [6, 6.07) is 5.16. The molecule has 1 fully saturated rings. The lowest BCUT2D eigenvalue weighted by atomic mass is 10.00. The first-order valence-electron chi connectivity index (χ1n) is 5.92. The molecule has 0 spiro atoms. The molecule has 104 valence electrons. The van der Waals surface area contributed by atoms with Gasteiger partial charge in [-0.25, -0.2) is 0 Å². The van der Waals surface area contributed by atoms with Crippen LogP contribution in [0, 0.1) is 0 Å². The number of piperazine rings is 1. The number of carbonyl (C=O) groups is 1. The number of rotatable bonds is 1. The van der Waals surface area contributed by atoms with Crippen molar-refractivity contribution < 1.29 is 18.0 Å². The number of benzene rings is 1. The van der Waals surface area contributed by atoms with Crippen LogP contribution in [-0.4, -0.2) is 24.5 Å². The van der Waals surface area contributed by atoms with Gasteiger partial charge in [0.1, 0.15) is 0 Å². The van der Waals surface area contributed by atoms with E-state index in [0.29, 0.717) is 0 Å². The molecule has 1 aromatic rings. The normalized spacial score (nSPS) is 19.6. The molecule has 0 atom stereocenters. The number of nitrogens with one attached hydrogen (secondary N) is 1. The second-order valence-electron chi connectivity index (χ2n) is 5.23. The summed E-state index contributed by atoms with van der Waals surface area (Å²) in [5, 5.41) is 2.99. The van der Waals surface area contributed by atoms with E-state index in [0.717, 1.165) is 6.07 Å². The molecule has 1 amide bonds. The van der Waals surface area contributed by atoms with E-state index in [4.69, 9.17) is 0 Å². The van der Waals surface area contributed by atoms with E-state index in [2.05, 4.69) is 5.32 Å². The second kappa shape index (κ2) is 4.52. The largest absolute Gasteiger partial charge is 0.418 e. The van der Waals surface area contributed by atoms with Crippen molar-refractivity contribution in [1.82, 2.24) is 5.32 Å². The highest BCUT2D eigenvalue weighted by Gasteiger charge is 2.38. The second-order valence-corrected chi connectivity index (χ2v) is 5.23. The molecule has 1 aliphatic heterocycles. The van der Waals surface area contributed by atoms with E-state index in [1.807, 2.05) is 13.8 Å². The van der Waals surface area contributed by atoms with Crippen molar-refractivity contribution in [2.75, 3.05) is 18.0 Å². The molecule has 1 heterocycles. The zero-order valence-electron chi connectivity index (χ0n) is 10.7. The summed E-state index contributed by atoms with van der Waals surface area (Å²) in [6.45, 7) is 3.95. The summed E-state index contributed by atoms with van der Waals surface area (Å²) in [5.41, 5.74) is -1.26. The highest BCUT2D eigenvalue weighted by atomic mass is 19.4. The maximum Gasteiger partial charge on any atom is 0.418 e. The van der Waals surface area contributed by atoms with Gasteiger partial charge in [-0.05, 0) is 26.0 Å².